The van der Waals surface area contributed by atoms with E-state index in [0.29, 0.717) is 10.0 Å². The van der Waals surface area contributed by atoms with E-state index in [1.807, 2.05) is 12.1 Å². The van der Waals surface area contributed by atoms with Gasteiger partial charge in [-0.3, -0.25) is 4.90 Å². The molecule has 18 heavy (non-hydrogen) atoms. The van der Waals surface area contributed by atoms with Gasteiger partial charge in [0, 0.05) is 29.7 Å². The molecule has 1 saturated heterocycles. The third kappa shape index (κ3) is 3.37. The predicted octanol–water partition coefficient (Wildman–Crippen LogP) is 2.32. The molecule has 100 valence electrons. The van der Waals surface area contributed by atoms with Crippen molar-refractivity contribution < 1.29 is 5.11 Å². The highest BCUT2D eigenvalue weighted by Gasteiger charge is 2.22. The number of halogens is 2. The van der Waals surface area contributed by atoms with Crippen molar-refractivity contribution in [1.82, 2.24) is 10.2 Å². The molecule has 1 aromatic rings. The summed E-state index contributed by atoms with van der Waals surface area (Å²) in [6.07, 6.45) is 1.09. The van der Waals surface area contributed by atoms with E-state index in [-0.39, 0.29) is 12.6 Å². The van der Waals surface area contributed by atoms with E-state index in [2.05, 4.69) is 10.2 Å². The molecule has 1 atom stereocenters. The number of hydrogen-bond acceptors (Lipinski definition) is 3. The Hall–Kier alpha value is -0.320. The smallest absolute Gasteiger partial charge is 0.0629 e. The first-order valence-electron chi connectivity index (χ1n) is 6.23. The molecule has 0 amide bonds. The molecule has 5 heteroatoms. The normalized spacial score (nSPS) is 19.5. The van der Waals surface area contributed by atoms with Gasteiger partial charge < -0.3 is 10.4 Å². The summed E-state index contributed by atoms with van der Waals surface area (Å²) < 4.78 is 0. The van der Waals surface area contributed by atoms with Crippen LogP contribution >= 0.6 is 23.2 Å². The second-order valence-corrected chi connectivity index (χ2v) is 5.35. The maximum absolute atomic E-state index is 9.66. The lowest BCUT2D eigenvalue weighted by Crippen LogP contribution is -2.34. The standard InChI is InChI=1S/C13H18Cl2N2O/c14-10-2-3-11(12(15)8-10)13(9-18)17-6-1-4-16-5-7-17/h2-3,8,13,16,18H,1,4-7,9H2. The zero-order valence-electron chi connectivity index (χ0n) is 10.2. The molecule has 1 unspecified atom stereocenters. The van der Waals surface area contributed by atoms with E-state index in [1.165, 1.54) is 0 Å². The fraction of sp³-hybridized carbons (Fsp3) is 0.538. The lowest BCUT2D eigenvalue weighted by molar-refractivity contribution is 0.130. The molecule has 1 fully saturated rings. The Labute approximate surface area is 118 Å². The number of hydrogen-bond donors (Lipinski definition) is 2. The van der Waals surface area contributed by atoms with Crippen molar-refractivity contribution in [2.45, 2.75) is 12.5 Å². The van der Waals surface area contributed by atoms with Crippen molar-refractivity contribution in [3.05, 3.63) is 33.8 Å². The molecule has 0 saturated carbocycles. The molecule has 1 heterocycles. The highest BCUT2D eigenvalue weighted by atomic mass is 35.5. The van der Waals surface area contributed by atoms with Crippen LogP contribution in [0.1, 0.15) is 18.0 Å². The molecule has 2 rings (SSSR count). The zero-order chi connectivity index (χ0) is 13.0. The lowest BCUT2D eigenvalue weighted by atomic mass is 10.1. The van der Waals surface area contributed by atoms with Crippen LogP contribution in [0.15, 0.2) is 18.2 Å². The monoisotopic (exact) mass is 288 g/mol. The highest BCUT2D eigenvalue weighted by Crippen LogP contribution is 2.29. The fourth-order valence-electron chi connectivity index (χ4n) is 2.36. The van der Waals surface area contributed by atoms with Gasteiger partial charge in [0.1, 0.15) is 0 Å². The first-order valence-corrected chi connectivity index (χ1v) is 6.98. The molecule has 2 N–H and O–H groups in total. The molecule has 1 aliphatic heterocycles. The van der Waals surface area contributed by atoms with Crippen LogP contribution in [0, 0.1) is 0 Å². The summed E-state index contributed by atoms with van der Waals surface area (Å²) in [5, 5.41) is 14.3. The van der Waals surface area contributed by atoms with E-state index >= 15 is 0 Å². The van der Waals surface area contributed by atoms with E-state index in [0.717, 1.165) is 38.2 Å². The van der Waals surface area contributed by atoms with Gasteiger partial charge >= 0.3 is 0 Å². The second kappa shape index (κ2) is 6.73. The topological polar surface area (TPSA) is 35.5 Å². The average Bonchev–Trinajstić information content (AvgIpc) is 2.62. The zero-order valence-corrected chi connectivity index (χ0v) is 11.7. The van der Waals surface area contributed by atoms with E-state index in [9.17, 15) is 5.11 Å². The molecule has 0 aliphatic carbocycles. The van der Waals surface area contributed by atoms with Crippen molar-refractivity contribution in [1.29, 1.82) is 0 Å². The first-order chi connectivity index (χ1) is 8.72. The van der Waals surface area contributed by atoms with Gasteiger partial charge in [-0.25, -0.2) is 0 Å². The molecule has 0 aromatic heterocycles. The second-order valence-electron chi connectivity index (χ2n) is 4.50. The Balaban J connectivity index is 2.20. The molecule has 0 bridgehead atoms. The largest absolute Gasteiger partial charge is 0.394 e. The van der Waals surface area contributed by atoms with Gasteiger partial charge in [-0.15, -0.1) is 0 Å². The number of benzene rings is 1. The molecule has 1 aromatic carbocycles. The number of nitrogens with zero attached hydrogens (tertiary/aromatic N) is 1. The Bertz CT molecular complexity index is 393. The minimum Gasteiger partial charge on any atom is -0.394 e. The van der Waals surface area contributed by atoms with Crippen molar-refractivity contribution in [3.63, 3.8) is 0 Å². The summed E-state index contributed by atoms with van der Waals surface area (Å²) in [5.41, 5.74) is 0.950. The van der Waals surface area contributed by atoms with Crippen LogP contribution in [-0.2, 0) is 0 Å². The summed E-state index contributed by atoms with van der Waals surface area (Å²) in [4.78, 5) is 2.27. The molecule has 0 radical (unpaired) electrons. The van der Waals surface area contributed by atoms with Gasteiger partial charge in [-0.1, -0.05) is 29.3 Å². The van der Waals surface area contributed by atoms with Crippen LogP contribution in [0.4, 0.5) is 0 Å². The summed E-state index contributed by atoms with van der Waals surface area (Å²) in [6.45, 7) is 3.94. The molecular weight excluding hydrogens is 271 g/mol. The fourth-order valence-corrected chi connectivity index (χ4v) is 2.89. The van der Waals surface area contributed by atoms with Gasteiger partial charge in [0.25, 0.3) is 0 Å². The number of rotatable bonds is 3. The Morgan fingerprint density at radius 1 is 1.28 bits per heavy atom. The van der Waals surface area contributed by atoms with E-state index < -0.39 is 0 Å². The van der Waals surface area contributed by atoms with Crippen LogP contribution in [0.25, 0.3) is 0 Å². The van der Waals surface area contributed by atoms with E-state index in [4.69, 9.17) is 23.2 Å². The predicted molar refractivity (Wildman–Crippen MR) is 75.3 cm³/mol. The first kappa shape index (κ1) is 14.1. The van der Waals surface area contributed by atoms with Crippen LogP contribution in [0.5, 0.6) is 0 Å². The van der Waals surface area contributed by atoms with Gasteiger partial charge in [0.2, 0.25) is 0 Å². The molecule has 1 aliphatic rings. The highest BCUT2D eigenvalue weighted by molar-refractivity contribution is 6.35. The van der Waals surface area contributed by atoms with Crippen molar-refractivity contribution >= 4 is 23.2 Å². The summed E-state index contributed by atoms with van der Waals surface area (Å²) in [7, 11) is 0. The van der Waals surface area contributed by atoms with Gasteiger partial charge in [0.15, 0.2) is 0 Å². The molecule has 0 spiro atoms. The average molecular weight is 289 g/mol. The van der Waals surface area contributed by atoms with Crippen molar-refractivity contribution in [2.75, 3.05) is 32.8 Å². The Kier molecular flexibility index (Phi) is 5.27. The number of aliphatic hydroxyl groups is 1. The van der Waals surface area contributed by atoms with Crippen molar-refractivity contribution in [3.8, 4) is 0 Å². The van der Waals surface area contributed by atoms with Crippen LogP contribution in [0.2, 0.25) is 10.0 Å². The Morgan fingerprint density at radius 3 is 2.83 bits per heavy atom. The van der Waals surface area contributed by atoms with Gasteiger partial charge in [0.05, 0.1) is 12.6 Å². The molecule has 3 nitrogen and oxygen atoms in total. The summed E-state index contributed by atoms with van der Waals surface area (Å²) >= 11 is 12.1. The SMILES string of the molecule is OCC(c1ccc(Cl)cc1Cl)N1CCCNCC1. The molecular formula is C13H18Cl2N2O. The maximum atomic E-state index is 9.66. The van der Waals surface area contributed by atoms with E-state index in [1.54, 1.807) is 6.07 Å². The number of aliphatic hydroxyl groups excluding tert-OH is 1. The number of nitrogens with one attached hydrogen (secondary N) is 1. The van der Waals surface area contributed by atoms with Crippen molar-refractivity contribution in [2.24, 2.45) is 0 Å². The maximum Gasteiger partial charge on any atom is 0.0629 e. The van der Waals surface area contributed by atoms with Crippen LogP contribution in [0.3, 0.4) is 0 Å². The van der Waals surface area contributed by atoms with Gasteiger partial charge in [-0.2, -0.15) is 0 Å². The van der Waals surface area contributed by atoms with Crippen LogP contribution < -0.4 is 5.32 Å². The third-order valence-corrected chi connectivity index (χ3v) is 3.87. The summed E-state index contributed by atoms with van der Waals surface area (Å²) in [5.74, 6) is 0. The minimum absolute atomic E-state index is 0.0466. The summed E-state index contributed by atoms with van der Waals surface area (Å²) in [6, 6.07) is 5.41. The van der Waals surface area contributed by atoms with Gasteiger partial charge in [-0.05, 0) is 30.7 Å². The quantitative estimate of drug-likeness (QED) is 0.896. The minimum atomic E-state index is -0.0466. The Morgan fingerprint density at radius 2 is 2.11 bits per heavy atom. The lowest BCUT2D eigenvalue weighted by Gasteiger charge is -2.29. The third-order valence-electron chi connectivity index (χ3n) is 3.31. The van der Waals surface area contributed by atoms with Crippen LogP contribution in [-0.4, -0.2) is 42.8 Å².